The number of amides is 1. The molecule has 86 valence electrons. The van der Waals surface area contributed by atoms with E-state index >= 15 is 0 Å². The van der Waals surface area contributed by atoms with E-state index in [1.54, 1.807) is 6.20 Å². The topological polar surface area (TPSA) is 42.0 Å². The summed E-state index contributed by atoms with van der Waals surface area (Å²) in [6.45, 7) is 4.11. The molecule has 0 bridgehead atoms. The molecule has 1 fully saturated rings. The zero-order chi connectivity index (χ0) is 11.6. The Morgan fingerprint density at radius 3 is 2.75 bits per heavy atom. The molecule has 0 aromatic carbocycles. The average Bonchev–Trinajstić information content (AvgIpc) is 2.99. The predicted octanol–water partition coefficient (Wildman–Crippen LogP) is 2.23. The van der Waals surface area contributed by atoms with Crippen molar-refractivity contribution >= 4 is 5.91 Å². The number of carbonyl (C=O) groups excluding carboxylic acids is 1. The zero-order valence-corrected chi connectivity index (χ0v) is 9.86. The van der Waals surface area contributed by atoms with Crippen molar-refractivity contribution in [1.29, 1.82) is 0 Å². The van der Waals surface area contributed by atoms with Crippen LogP contribution in [0.25, 0.3) is 0 Å². The molecule has 3 heteroatoms. The van der Waals surface area contributed by atoms with E-state index in [0.717, 1.165) is 18.5 Å². The SMILES string of the molecule is CC(C)CC(=O)NC1(c2ccccn2)CC1. The van der Waals surface area contributed by atoms with E-state index in [2.05, 4.69) is 24.1 Å². The van der Waals surface area contributed by atoms with E-state index in [9.17, 15) is 4.79 Å². The number of carbonyl (C=O) groups is 1. The Morgan fingerprint density at radius 2 is 2.25 bits per heavy atom. The fourth-order valence-electron chi connectivity index (χ4n) is 1.90. The van der Waals surface area contributed by atoms with Crippen LogP contribution in [-0.4, -0.2) is 10.9 Å². The second kappa shape index (κ2) is 4.24. The molecular formula is C13H18N2O. The highest BCUT2D eigenvalue weighted by Gasteiger charge is 2.46. The van der Waals surface area contributed by atoms with Crippen LogP contribution in [0.1, 0.15) is 38.8 Å². The number of pyridine rings is 1. The molecule has 16 heavy (non-hydrogen) atoms. The molecule has 1 aliphatic rings. The Hall–Kier alpha value is -1.38. The van der Waals surface area contributed by atoms with Gasteiger partial charge >= 0.3 is 0 Å². The van der Waals surface area contributed by atoms with Gasteiger partial charge in [-0.1, -0.05) is 19.9 Å². The molecule has 0 aliphatic heterocycles. The molecule has 3 nitrogen and oxygen atoms in total. The Morgan fingerprint density at radius 1 is 1.50 bits per heavy atom. The first-order valence-electron chi connectivity index (χ1n) is 5.85. The van der Waals surface area contributed by atoms with E-state index in [4.69, 9.17) is 0 Å². The molecule has 0 saturated heterocycles. The van der Waals surface area contributed by atoms with Gasteiger partial charge in [-0.05, 0) is 30.9 Å². The minimum Gasteiger partial charge on any atom is -0.345 e. The summed E-state index contributed by atoms with van der Waals surface area (Å²) in [5, 5.41) is 3.11. The van der Waals surface area contributed by atoms with E-state index in [-0.39, 0.29) is 11.4 Å². The standard InChI is InChI=1S/C13H18N2O/c1-10(2)9-12(16)15-13(6-7-13)11-5-3-4-8-14-11/h3-5,8,10H,6-7,9H2,1-2H3,(H,15,16). The Balaban J connectivity index is 2.02. The lowest BCUT2D eigenvalue weighted by Gasteiger charge is -2.17. The smallest absolute Gasteiger partial charge is 0.220 e. The molecule has 1 heterocycles. The van der Waals surface area contributed by atoms with Crippen LogP contribution in [0.5, 0.6) is 0 Å². The molecule has 1 amide bonds. The summed E-state index contributed by atoms with van der Waals surface area (Å²) < 4.78 is 0. The van der Waals surface area contributed by atoms with Crippen LogP contribution in [-0.2, 0) is 10.3 Å². The van der Waals surface area contributed by atoms with Crippen LogP contribution in [0.4, 0.5) is 0 Å². The average molecular weight is 218 g/mol. The summed E-state index contributed by atoms with van der Waals surface area (Å²) in [4.78, 5) is 16.1. The van der Waals surface area contributed by atoms with Gasteiger partial charge in [-0.3, -0.25) is 9.78 Å². The van der Waals surface area contributed by atoms with Crippen molar-refractivity contribution < 1.29 is 4.79 Å². The molecule has 1 N–H and O–H groups in total. The van der Waals surface area contributed by atoms with Crippen molar-refractivity contribution in [3.05, 3.63) is 30.1 Å². The third-order valence-electron chi connectivity index (χ3n) is 2.88. The molecule has 0 radical (unpaired) electrons. The largest absolute Gasteiger partial charge is 0.345 e. The summed E-state index contributed by atoms with van der Waals surface area (Å²) in [7, 11) is 0. The van der Waals surface area contributed by atoms with E-state index in [1.807, 2.05) is 18.2 Å². The minimum atomic E-state index is -0.159. The zero-order valence-electron chi connectivity index (χ0n) is 9.86. The van der Waals surface area contributed by atoms with Crippen LogP contribution in [0, 0.1) is 5.92 Å². The summed E-state index contributed by atoms with van der Waals surface area (Å²) in [6.07, 6.45) is 4.39. The van der Waals surface area contributed by atoms with Gasteiger partial charge in [0.2, 0.25) is 5.91 Å². The van der Waals surface area contributed by atoms with Crippen LogP contribution >= 0.6 is 0 Å². The quantitative estimate of drug-likeness (QED) is 0.842. The van der Waals surface area contributed by atoms with Crippen molar-refractivity contribution in [2.45, 2.75) is 38.6 Å². The number of nitrogens with zero attached hydrogens (tertiary/aromatic N) is 1. The molecule has 1 aromatic rings. The van der Waals surface area contributed by atoms with Gasteiger partial charge < -0.3 is 5.32 Å². The van der Waals surface area contributed by atoms with Crippen molar-refractivity contribution in [2.24, 2.45) is 5.92 Å². The molecule has 1 aliphatic carbocycles. The number of rotatable bonds is 4. The normalized spacial score (nSPS) is 17.2. The second-order valence-corrected chi connectivity index (χ2v) is 4.94. The highest BCUT2D eigenvalue weighted by atomic mass is 16.1. The molecule has 1 aromatic heterocycles. The summed E-state index contributed by atoms with van der Waals surface area (Å²) in [6, 6.07) is 5.86. The molecule has 0 spiro atoms. The maximum absolute atomic E-state index is 11.7. The second-order valence-electron chi connectivity index (χ2n) is 4.94. The number of hydrogen-bond acceptors (Lipinski definition) is 2. The molecule has 1 saturated carbocycles. The van der Waals surface area contributed by atoms with Gasteiger partial charge in [0, 0.05) is 12.6 Å². The first-order chi connectivity index (χ1) is 7.62. The van der Waals surface area contributed by atoms with Gasteiger partial charge in [-0.2, -0.15) is 0 Å². The monoisotopic (exact) mass is 218 g/mol. The van der Waals surface area contributed by atoms with Crippen molar-refractivity contribution in [1.82, 2.24) is 10.3 Å². The highest BCUT2D eigenvalue weighted by Crippen LogP contribution is 2.44. The van der Waals surface area contributed by atoms with Crippen molar-refractivity contribution in [3.8, 4) is 0 Å². The molecular weight excluding hydrogens is 200 g/mol. The summed E-state index contributed by atoms with van der Waals surface area (Å²) in [5.74, 6) is 0.540. The van der Waals surface area contributed by atoms with Gasteiger partial charge in [0.1, 0.15) is 0 Å². The Labute approximate surface area is 96.3 Å². The third kappa shape index (κ3) is 2.40. The van der Waals surface area contributed by atoms with Gasteiger partial charge in [-0.25, -0.2) is 0 Å². The van der Waals surface area contributed by atoms with Crippen molar-refractivity contribution in [3.63, 3.8) is 0 Å². The highest BCUT2D eigenvalue weighted by molar-refractivity contribution is 5.77. The minimum absolute atomic E-state index is 0.137. The van der Waals surface area contributed by atoms with E-state index < -0.39 is 0 Å². The van der Waals surface area contributed by atoms with Crippen LogP contribution in [0.15, 0.2) is 24.4 Å². The van der Waals surface area contributed by atoms with Gasteiger partial charge in [0.25, 0.3) is 0 Å². The Kier molecular flexibility index (Phi) is 2.95. The first kappa shape index (κ1) is 11.1. The lowest BCUT2D eigenvalue weighted by molar-refractivity contribution is -0.122. The van der Waals surface area contributed by atoms with E-state index in [1.165, 1.54) is 0 Å². The van der Waals surface area contributed by atoms with Gasteiger partial charge in [0.15, 0.2) is 0 Å². The third-order valence-corrected chi connectivity index (χ3v) is 2.88. The Bertz CT molecular complexity index is 369. The van der Waals surface area contributed by atoms with Crippen LogP contribution < -0.4 is 5.32 Å². The number of aromatic nitrogens is 1. The van der Waals surface area contributed by atoms with Gasteiger partial charge in [-0.15, -0.1) is 0 Å². The maximum atomic E-state index is 11.7. The summed E-state index contributed by atoms with van der Waals surface area (Å²) in [5.41, 5.74) is 0.833. The maximum Gasteiger partial charge on any atom is 0.220 e. The fraction of sp³-hybridized carbons (Fsp3) is 0.538. The summed E-state index contributed by atoms with van der Waals surface area (Å²) >= 11 is 0. The molecule has 0 unspecified atom stereocenters. The molecule has 2 rings (SSSR count). The molecule has 0 atom stereocenters. The number of hydrogen-bond donors (Lipinski definition) is 1. The fourth-order valence-corrected chi connectivity index (χ4v) is 1.90. The van der Waals surface area contributed by atoms with E-state index in [0.29, 0.717) is 12.3 Å². The van der Waals surface area contributed by atoms with Crippen LogP contribution in [0.2, 0.25) is 0 Å². The lowest BCUT2D eigenvalue weighted by Crippen LogP contribution is -2.35. The first-order valence-corrected chi connectivity index (χ1v) is 5.85. The van der Waals surface area contributed by atoms with Crippen molar-refractivity contribution in [2.75, 3.05) is 0 Å². The van der Waals surface area contributed by atoms with Gasteiger partial charge in [0.05, 0.1) is 11.2 Å². The number of nitrogens with one attached hydrogen (secondary N) is 1. The van der Waals surface area contributed by atoms with Crippen LogP contribution in [0.3, 0.4) is 0 Å². The predicted molar refractivity (Wildman–Crippen MR) is 62.7 cm³/mol. The lowest BCUT2D eigenvalue weighted by atomic mass is 10.1.